The lowest BCUT2D eigenvalue weighted by Crippen LogP contribution is -2.34. The van der Waals surface area contributed by atoms with Crippen LogP contribution in [0.3, 0.4) is 0 Å². The molecule has 2 aliphatic rings. The lowest BCUT2D eigenvalue weighted by molar-refractivity contribution is -0.129. The van der Waals surface area contributed by atoms with Gasteiger partial charge < -0.3 is 4.90 Å². The number of amides is 1. The average molecular weight is 374 g/mol. The first kappa shape index (κ1) is 17.5. The van der Waals surface area contributed by atoms with E-state index in [1.807, 2.05) is 0 Å². The van der Waals surface area contributed by atoms with Crippen LogP contribution in [0.1, 0.15) is 55.8 Å². The summed E-state index contributed by atoms with van der Waals surface area (Å²) in [5.74, 6) is 1.48. The summed E-state index contributed by atoms with van der Waals surface area (Å²) < 4.78 is 13.9. The van der Waals surface area contributed by atoms with Crippen LogP contribution in [-0.2, 0) is 11.3 Å². The maximum Gasteiger partial charge on any atom is 0.233 e. The Bertz CT molecular complexity index is 770. The molecule has 2 fully saturated rings. The van der Waals surface area contributed by atoms with Crippen molar-refractivity contribution in [1.29, 1.82) is 0 Å². The normalized spacial score (nSPS) is 17.6. The Kier molecular flexibility index (Phi) is 5.24. The van der Waals surface area contributed by atoms with Gasteiger partial charge >= 0.3 is 0 Å². The van der Waals surface area contributed by atoms with Gasteiger partial charge in [-0.25, -0.2) is 9.37 Å². The van der Waals surface area contributed by atoms with Crippen LogP contribution >= 0.6 is 11.8 Å². The highest BCUT2D eigenvalue weighted by molar-refractivity contribution is 7.99. The zero-order valence-electron chi connectivity index (χ0n) is 14.7. The van der Waals surface area contributed by atoms with Gasteiger partial charge in [-0.05, 0) is 31.7 Å². The molecule has 0 saturated heterocycles. The smallest absolute Gasteiger partial charge is 0.233 e. The quantitative estimate of drug-likeness (QED) is 0.747. The molecule has 7 heteroatoms. The third-order valence-electron chi connectivity index (χ3n) is 5.16. The van der Waals surface area contributed by atoms with E-state index in [9.17, 15) is 9.18 Å². The fourth-order valence-electron chi connectivity index (χ4n) is 3.53. The SMILES string of the molecule is O=C(CSc1n[nH]c(C2CCCC2)n1)N(Cc1ccccc1F)C1CC1. The van der Waals surface area contributed by atoms with E-state index in [0.717, 1.165) is 31.5 Å². The van der Waals surface area contributed by atoms with E-state index in [0.29, 0.717) is 23.2 Å². The Labute approximate surface area is 156 Å². The van der Waals surface area contributed by atoms with Gasteiger partial charge in [0.1, 0.15) is 11.6 Å². The minimum Gasteiger partial charge on any atom is -0.335 e. The van der Waals surface area contributed by atoms with Crippen LogP contribution in [0.15, 0.2) is 29.4 Å². The van der Waals surface area contributed by atoms with Crippen molar-refractivity contribution in [3.8, 4) is 0 Å². The van der Waals surface area contributed by atoms with Crippen LogP contribution in [0.4, 0.5) is 4.39 Å². The van der Waals surface area contributed by atoms with Crippen LogP contribution in [-0.4, -0.2) is 37.8 Å². The molecular formula is C19H23FN4OS. The van der Waals surface area contributed by atoms with Gasteiger partial charge in [-0.3, -0.25) is 9.89 Å². The Morgan fingerprint density at radius 2 is 2.00 bits per heavy atom. The van der Waals surface area contributed by atoms with Gasteiger partial charge in [-0.15, -0.1) is 5.10 Å². The molecule has 26 heavy (non-hydrogen) atoms. The summed E-state index contributed by atoms with van der Waals surface area (Å²) in [4.78, 5) is 19.0. The van der Waals surface area contributed by atoms with Gasteiger partial charge in [-0.2, -0.15) is 0 Å². The first-order valence-corrected chi connectivity index (χ1v) is 10.3. The van der Waals surface area contributed by atoms with Crippen LogP contribution < -0.4 is 0 Å². The van der Waals surface area contributed by atoms with Crippen LogP contribution in [0.2, 0.25) is 0 Å². The lowest BCUT2D eigenvalue weighted by atomic mass is 10.1. The second kappa shape index (κ2) is 7.78. The molecule has 1 heterocycles. The number of aromatic amines is 1. The van der Waals surface area contributed by atoms with Crippen LogP contribution in [0.25, 0.3) is 0 Å². The Morgan fingerprint density at radius 3 is 2.73 bits per heavy atom. The van der Waals surface area contributed by atoms with Gasteiger partial charge in [0.15, 0.2) is 0 Å². The van der Waals surface area contributed by atoms with Gasteiger partial charge in [0, 0.05) is 24.1 Å². The molecule has 2 saturated carbocycles. The molecule has 1 N–H and O–H groups in total. The minimum absolute atomic E-state index is 0.0213. The van der Waals surface area contributed by atoms with Crippen molar-refractivity contribution in [3.63, 3.8) is 0 Å². The standard InChI is InChI=1S/C19H23FN4OS/c20-16-8-4-3-7-14(16)11-24(15-9-10-15)17(25)12-26-19-21-18(22-23-19)13-5-1-2-6-13/h3-4,7-8,13,15H,1-2,5-6,9-12H2,(H,21,22,23). The van der Waals surface area contributed by atoms with Crippen molar-refractivity contribution in [2.45, 2.75) is 62.2 Å². The van der Waals surface area contributed by atoms with E-state index in [2.05, 4.69) is 15.2 Å². The Balaban J connectivity index is 1.36. The van der Waals surface area contributed by atoms with Crippen molar-refractivity contribution >= 4 is 17.7 Å². The van der Waals surface area contributed by atoms with Gasteiger partial charge in [0.05, 0.1) is 5.75 Å². The number of aromatic nitrogens is 3. The lowest BCUT2D eigenvalue weighted by Gasteiger charge is -2.22. The zero-order chi connectivity index (χ0) is 17.9. The molecule has 0 spiro atoms. The molecule has 0 unspecified atom stereocenters. The molecule has 1 aromatic heterocycles. The Morgan fingerprint density at radius 1 is 1.23 bits per heavy atom. The topological polar surface area (TPSA) is 61.9 Å². The Hall–Kier alpha value is -1.89. The molecular weight excluding hydrogens is 351 g/mol. The van der Waals surface area contributed by atoms with Crippen molar-refractivity contribution in [2.75, 3.05) is 5.75 Å². The number of nitrogens with one attached hydrogen (secondary N) is 1. The number of carbonyl (C=O) groups excluding carboxylic acids is 1. The number of nitrogens with zero attached hydrogens (tertiary/aromatic N) is 3. The summed E-state index contributed by atoms with van der Waals surface area (Å²) in [7, 11) is 0. The number of thioether (sulfide) groups is 1. The van der Waals surface area contributed by atoms with Gasteiger partial charge in [0.25, 0.3) is 0 Å². The summed E-state index contributed by atoms with van der Waals surface area (Å²) in [6.07, 6.45) is 6.82. The van der Waals surface area contributed by atoms with E-state index < -0.39 is 0 Å². The van der Waals surface area contributed by atoms with Crippen LogP contribution in [0.5, 0.6) is 0 Å². The number of hydrogen-bond acceptors (Lipinski definition) is 4. The molecule has 0 bridgehead atoms. The molecule has 4 rings (SSSR count). The van der Waals surface area contributed by atoms with Crippen molar-refractivity contribution in [3.05, 3.63) is 41.5 Å². The highest BCUT2D eigenvalue weighted by Gasteiger charge is 2.33. The molecule has 138 valence electrons. The highest BCUT2D eigenvalue weighted by atomic mass is 32.2. The second-order valence-corrected chi connectivity index (χ2v) is 8.06. The first-order valence-electron chi connectivity index (χ1n) is 9.28. The monoisotopic (exact) mass is 374 g/mol. The maximum absolute atomic E-state index is 13.9. The van der Waals surface area contributed by atoms with Crippen molar-refractivity contribution in [1.82, 2.24) is 20.1 Å². The zero-order valence-corrected chi connectivity index (χ0v) is 15.5. The van der Waals surface area contributed by atoms with Crippen molar-refractivity contribution < 1.29 is 9.18 Å². The molecule has 2 aliphatic carbocycles. The molecule has 0 aliphatic heterocycles. The van der Waals surface area contributed by atoms with Gasteiger partial charge in [-0.1, -0.05) is 42.8 Å². The van der Waals surface area contributed by atoms with Gasteiger partial charge in [0.2, 0.25) is 11.1 Å². The number of H-pyrrole nitrogens is 1. The predicted octanol–water partition coefficient (Wildman–Crippen LogP) is 3.88. The summed E-state index contributed by atoms with van der Waals surface area (Å²) in [6, 6.07) is 6.90. The molecule has 5 nitrogen and oxygen atoms in total. The number of carbonyl (C=O) groups is 1. The number of halogens is 1. The number of rotatable bonds is 7. The predicted molar refractivity (Wildman–Crippen MR) is 98.3 cm³/mol. The largest absolute Gasteiger partial charge is 0.335 e. The van der Waals surface area contributed by atoms with E-state index in [1.54, 1.807) is 23.1 Å². The first-order chi connectivity index (χ1) is 12.7. The summed E-state index contributed by atoms with van der Waals surface area (Å²) >= 11 is 1.36. The van der Waals surface area contributed by atoms with Crippen molar-refractivity contribution in [2.24, 2.45) is 0 Å². The molecule has 2 aromatic rings. The van der Waals surface area contributed by atoms with E-state index in [-0.39, 0.29) is 23.5 Å². The van der Waals surface area contributed by atoms with E-state index in [4.69, 9.17) is 0 Å². The fourth-order valence-corrected chi connectivity index (χ4v) is 4.22. The average Bonchev–Trinajstić information content (AvgIpc) is 3.14. The van der Waals surface area contributed by atoms with E-state index >= 15 is 0 Å². The van der Waals surface area contributed by atoms with E-state index in [1.165, 1.54) is 30.7 Å². The molecule has 1 amide bonds. The molecule has 1 aromatic carbocycles. The summed E-state index contributed by atoms with van der Waals surface area (Å²) in [5.41, 5.74) is 0.569. The summed E-state index contributed by atoms with van der Waals surface area (Å²) in [6.45, 7) is 0.331. The number of benzene rings is 1. The maximum atomic E-state index is 13.9. The minimum atomic E-state index is -0.256. The highest BCUT2D eigenvalue weighted by Crippen LogP contribution is 2.33. The fraction of sp³-hybridized carbons (Fsp3) is 0.526. The third-order valence-corrected chi connectivity index (χ3v) is 5.99. The molecule has 0 atom stereocenters. The number of hydrogen-bond donors (Lipinski definition) is 1. The summed E-state index contributed by atoms with van der Waals surface area (Å²) in [5, 5.41) is 7.90. The van der Waals surface area contributed by atoms with Crippen LogP contribution in [0, 0.1) is 5.82 Å². The molecule has 0 radical (unpaired) electrons. The second-order valence-electron chi connectivity index (χ2n) is 7.12. The third kappa shape index (κ3) is 4.09.